The first-order valence-corrected chi connectivity index (χ1v) is 6.28. The molecule has 1 aliphatic rings. The minimum Gasteiger partial charge on any atom is -0.497 e. The molecule has 0 saturated carbocycles. The van der Waals surface area contributed by atoms with Gasteiger partial charge < -0.3 is 14.6 Å². The van der Waals surface area contributed by atoms with E-state index in [1.807, 2.05) is 6.07 Å². The number of fused-ring (bicyclic) bond motifs is 1. The summed E-state index contributed by atoms with van der Waals surface area (Å²) in [5.74, 6) is 0.926. The molecule has 0 spiro atoms. The zero-order valence-electron chi connectivity index (χ0n) is 10.6. The molecule has 0 atom stereocenters. The largest absolute Gasteiger partial charge is 0.497 e. The molecule has 1 N–H and O–H groups in total. The Kier molecular flexibility index (Phi) is 4.02. The topological polar surface area (TPSA) is 28.3 Å². The summed E-state index contributed by atoms with van der Waals surface area (Å²) in [4.78, 5) is 5.81. The molecular formula is C14H19ClN2O. The number of benzene rings is 1. The molecule has 3 nitrogen and oxygen atoms in total. The Hall–Kier alpha value is -1.35. The van der Waals surface area contributed by atoms with Gasteiger partial charge in [0.25, 0.3) is 0 Å². The Morgan fingerprint density at radius 3 is 2.67 bits per heavy atom. The highest BCUT2D eigenvalue weighted by Crippen LogP contribution is 2.31. The second-order valence-corrected chi connectivity index (χ2v) is 4.63. The minimum absolute atomic E-state index is 0. The smallest absolute Gasteiger partial charge is 0.119 e. The van der Waals surface area contributed by atoms with E-state index >= 15 is 0 Å². The van der Waals surface area contributed by atoms with Crippen LogP contribution >= 0.6 is 12.4 Å². The van der Waals surface area contributed by atoms with Gasteiger partial charge in [-0.3, -0.25) is 0 Å². The quantitative estimate of drug-likeness (QED) is 0.900. The number of halogens is 1. The van der Waals surface area contributed by atoms with Gasteiger partial charge in [0.05, 0.1) is 12.8 Å². The first-order valence-electron chi connectivity index (χ1n) is 6.28. The maximum Gasteiger partial charge on any atom is 0.119 e. The summed E-state index contributed by atoms with van der Waals surface area (Å²) in [5.41, 5.74) is 2.50. The van der Waals surface area contributed by atoms with Crippen LogP contribution in [0.15, 0.2) is 24.4 Å². The van der Waals surface area contributed by atoms with Crippen molar-refractivity contribution in [3.8, 4) is 5.75 Å². The van der Waals surface area contributed by atoms with Gasteiger partial charge in [0, 0.05) is 30.2 Å². The summed E-state index contributed by atoms with van der Waals surface area (Å²) in [7, 11) is 1.72. The summed E-state index contributed by atoms with van der Waals surface area (Å²) in [6.07, 6.45) is 6.09. The van der Waals surface area contributed by atoms with E-state index in [0.717, 1.165) is 5.75 Å². The molecule has 3 rings (SSSR count). The molecule has 4 heteroatoms. The van der Waals surface area contributed by atoms with Gasteiger partial charge in [0.2, 0.25) is 0 Å². The summed E-state index contributed by atoms with van der Waals surface area (Å²) in [6, 6.07) is 6.20. The van der Waals surface area contributed by atoms with E-state index in [1.54, 1.807) is 7.11 Å². The number of hydrogen-bond donors (Lipinski definition) is 1. The van der Waals surface area contributed by atoms with Crippen LogP contribution in [-0.2, 0) is 0 Å². The van der Waals surface area contributed by atoms with Crippen LogP contribution in [0.25, 0.3) is 10.9 Å². The lowest BCUT2D eigenvalue weighted by Gasteiger charge is -2.28. The molecule has 1 aliphatic heterocycles. The average molecular weight is 267 g/mol. The molecule has 18 heavy (non-hydrogen) atoms. The predicted octanol–water partition coefficient (Wildman–Crippen LogP) is 3.59. The number of rotatable bonds is 2. The lowest BCUT2D eigenvalue weighted by molar-refractivity contribution is 0.415. The van der Waals surface area contributed by atoms with E-state index < -0.39 is 0 Å². The number of methoxy groups -OCH3 is 1. The fraction of sp³-hybridized carbons (Fsp3) is 0.429. The van der Waals surface area contributed by atoms with Crippen molar-refractivity contribution in [3.05, 3.63) is 24.4 Å². The number of piperidine rings is 1. The maximum atomic E-state index is 5.30. The zero-order chi connectivity index (χ0) is 11.7. The van der Waals surface area contributed by atoms with Crippen LogP contribution in [0.4, 0.5) is 5.69 Å². The zero-order valence-corrected chi connectivity index (χ0v) is 11.4. The number of H-pyrrole nitrogens is 1. The van der Waals surface area contributed by atoms with E-state index in [4.69, 9.17) is 4.74 Å². The molecule has 0 bridgehead atoms. The third kappa shape index (κ3) is 2.27. The third-order valence-electron chi connectivity index (χ3n) is 3.56. The molecule has 0 amide bonds. The molecule has 2 aromatic rings. The number of anilines is 1. The van der Waals surface area contributed by atoms with E-state index in [0.29, 0.717) is 0 Å². The number of aromatic nitrogens is 1. The number of nitrogens with zero attached hydrogens (tertiary/aromatic N) is 1. The Morgan fingerprint density at radius 1 is 1.17 bits per heavy atom. The Balaban J connectivity index is 0.00000120. The van der Waals surface area contributed by atoms with Crippen molar-refractivity contribution in [3.63, 3.8) is 0 Å². The van der Waals surface area contributed by atoms with Gasteiger partial charge in [-0.2, -0.15) is 0 Å². The molecule has 0 aliphatic carbocycles. The normalized spacial score (nSPS) is 15.5. The molecule has 1 fully saturated rings. The Labute approximate surface area is 114 Å². The summed E-state index contributed by atoms with van der Waals surface area (Å²) < 4.78 is 5.30. The van der Waals surface area contributed by atoms with Crippen LogP contribution < -0.4 is 9.64 Å². The van der Waals surface area contributed by atoms with Crippen molar-refractivity contribution in [1.29, 1.82) is 0 Å². The highest BCUT2D eigenvalue weighted by molar-refractivity contribution is 5.93. The highest BCUT2D eigenvalue weighted by Gasteiger charge is 2.14. The molecule has 1 aromatic heterocycles. The molecule has 2 heterocycles. The number of hydrogen-bond acceptors (Lipinski definition) is 2. The minimum atomic E-state index is 0. The van der Waals surface area contributed by atoms with Crippen LogP contribution in [0, 0.1) is 0 Å². The monoisotopic (exact) mass is 266 g/mol. The van der Waals surface area contributed by atoms with Gasteiger partial charge in [0.15, 0.2) is 0 Å². The van der Waals surface area contributed by atoms with Crippen molar-refractivity contribution < 1.29 is 4.74 Å². The average Bonchev–Trinajstić information content (AvgIpc) is 2.82. The third-order valence-corrected chi connectivity index (χ3v) is 3.56. The van der Waals surface area contributed by atoms with E-state index in [1.165, 1.54) is 48.9 Å². The van der Waals surface area contributed by atoms with Crippen LogP contribution in [-0.4, -0.2) is 25.2 Å². The summed E-state index contributed by atoms with van der Waals surface area (Å²) in [6.45, 7) is 2.34. The van der Waals surface area contributed by atoms with Crippen molar-refractivity contribution in [1.82, 2.24) is 4.98 Å². The lowest BCUT2D eigenvalue weighted by Crippen LogP contribution is -2.29. The van der Waals surface area contributed by atoms with Crippen molar-refractivity contribution in [2.24, 2.45) is 0 Å². The van der Waals surface area contributed by atoms with Crippen LogP contribution in [0.3, 0.4) is 0 Å². The molecule has 0 radical (unpaired) electrons. The molecular weight excluding hydrogens is 248 g/mol. The first-order chi connectivity index (χ1) is 8.38. The van der Waals surface area contributed by atoms with Gasteiger partial charge in [-0.05, 0) is 37.5 Å². The van der Waals surface area contributed by atoms with E-state index in [2.05, 4.69) is 28.2 Å². The fourth-order valence-electron chi connectivity index (χ4n) is 2.61. The van der Waals surface area contributed by atoms with Crippen LogP contribution in [0.1, 0.15) is 19.3 Å². The summed E-state index contributed by atoms with van der Waals surface area (Å²) >= 11 is 0. The van der Waals surface area contributed by atoms with Gasteiger partial charge in [-0.25, -0.2) is 0 Å². The van der Waals surface area contributed by atoms with E-state index in [-0.39, 0.29) is 12.4 Å². The summed E-state index contributed by atoms with van der Waals surface area (Å²) in [5, 5.41) is 1.27. The van der Waals surface area contributed by atoms with Crippen molar-refractivity contribution in [2.45, 2.75) is 19.3 Å². The number of ether oxygens (including phenoxy) is 1. The van der Waals surface area contributed by atoms with Crippen molar-refractivity contribution >= 4 is 29.0 Å². The molecule has 1 saturated heterocycles. The Bertz CT molecular complexity index is 517. The van der Waals surface area contributed by atoms with Crippen molar-refractivity contribution in [2.75, 3.05) is 25.1 Å². The van der Waals surface area contributed by atoms with Gasteiger partial charge in [0.1, 0.15) is 5.75 Å². The fourth-order valence-corrected chi connectivity index (χ4v) is 2.61. The first kappa shape index (κ1) is 13.1. The SMILES string of the molecule is COc1ccc2[nH]cc(N3CCCCC3)c2c1.Cl. The molecule has 1 aromatic carbocycles. The highest BCUT2D eigenvalue weighted by atomic mass is 35.5. The number of aromatic amines is 1. The van der Waals surface area contributed by atoms with Gasteiger partial charge in [-0.15, -0.1) is 12.4 Å². The predicted molar refractivity (Wildman–Crippen MR) is 78.2 cm³/mol. The van der Waals surface area contributed by atoms with E-state index in [9.17, 15) is 0 Å². The second-order valence-electron chi connectivity index (χ2n) is 4.63. The maximum absolute atomic E-state index is 5.30. The van der Waals surface area contributed by atoms with Crippen LogP contribution in [0.5, 0.6) is 5.75 Å². The standard InChI is InChI=1S/C14H18N2O.ClH/c1-17-11-5-6-13-12(9-11)14(10-15-13)16-7-3-2-4-8-16;/h5-6,9-10,15H,2-4,7-8H2,1H3;1H. The second kappa shape index (κ2) is 5.53. The van der Waals surface area contributed by atoms with Crippen LogP contribution in [0.2, 0.25) is 0 Å². The molecule has 0 unspecified atom stereocenters. The number of nitrogens with one attached hydrogen (secondary N) is 1. The Morgan fingerprint density at radius 2 is 1.94 bits per heavy atom. The van der Waals surface area contributed by atoms with Gasteiger partial charge in [-0.1, -0.05) is 0 Å². The lowest BCUT2D eigenvalue weighted by atomic mass is 10.1. The molecule has 98 valence electrons. The van der Waals surface area contributed by atoms with Gasteiger partial charge >= 0.3 is 0 Å².